The van der Waals surface area contributed by atoms with Gasteiger partial charge in [0, 0.05) is 29.9 Å². The zero-order valence-corrected chi connectivity index (χ0v) is 14.1. The zero-order chi connectivity index (χ0) is 16.4. The highest BCUT2D eigenvalue weighted by molar-refractivity contribution is 5.53. The molecule has 0 bridgehead atoms. The van der Waals surface area contributed by atoms with E-state index < -0.39 is 0 Å². The molecule has 2 aromatic rings. The maximum absolute atomic E-state index is 12.2. The van der Waals surface area contributed by atoms with Crippen molar-refractivity contribution in [2.45, 2.75) is 46.0 Å². The van der Waals surface area contributed by atoms with E-state index in [1.165, 1.54) is 12.8 Å². The third-order valence-electron chi connectivity index (χ3n) is 5.12. The fourth-order valence-electron chi connectivity index (χ4n) is 3.86. The lowest BCUT2D eigenvalue weighted by atomic mass is 9.69. The van der Waals surface area contributed by atoms with Crippen molar-refractivity contribution >= 4 is 0 Å². The molecule has 2 heterocycles. The molecular weight excluding hydrogens is 286 g/mol. The van der Waals surface area contributed by atoms with Crippen LogP contribution in [0.3, 0.4) is 0 Å². The molecule has 0 unspecified atom stereocenters. The van der Waals surface area contributed by atoms with Crippen molar-refractivity contribution in [3.8, 4) is 11.4 Å². The van der Waals surface area contributed by atoms with Gasteiger partial charge in [0.25, 0.3) is 5.56 Å². The van der Waals surface area contributed by atoms with Crippen molar-refractivity contribution < 1.29 is 0 Å². The Kier molecular flexibility index (Phi) is 4.60. The maximum atomic E-state index is 12.2. The molecule has 0 amide bonds. The van der Waals surface area contributed by atoms with Gasteiger partial charge in [-0.25, -0.2) is 4.98 Å². The van der Waals surface area contributed by atoms with Gasteiger partial charge in [-0.05, 0) is 42.7 Å². The number of H-pyrrole nitrogens is 1. The van der Waals surface area contributed by atoms with Gasteiger partial charge in [-0.3, -0.25) is 9.78 Å². The second-order valence-corrected chi connectivity index (χ2v) is 7.19. The molecule has 3 atom stereocenters. The van der Waals surface area contributed by atoms with Gasteiger partial charge in [-0.1, -0.05) is 27.2 Å². The Bertz CT molecular complexity index is 708. The van der Waals surface area contributed by atoms with E-state index in [1.54, 1.807) is 18.5 Å². The van der Waals surface area contributed by atoms with Crippen molar-refractivity contribution in [2.75, 3.05) is 0 Å². The third kappa shape index (κ3) is 3.52. The van der Waals surface area contributed by atoms with E-state index in [-0.39, 0.29) is 5.56 Å². The van der Waals surface area contributed by atoms with Gasteiger partial charge in [0.2, 0.25) is 0 Å². The lowest BCUT2D eigenvalue weighted by molar-refractivity contribution is 0.194. The predicted molar refractivity (Wildman–Crippen MR) is 92.2 cm³/mol. The van der Waals surface area contributed by atoms with Crippen LogP contribution in [-0.2, 0) is 0 Å². The lowest BCUT2D eigenvalue weighted by Gasteiger charge is -2.37. The Morgan fingerprint density at radius 1 is 1.22 bits per heavy atom. The lowest BCUT2D eigenvalue weighted by Crippen LogP contribution is -2.28. The van der Waals surface area contributed by atoms with Crippen LogP contribution in [0.1, 0.15) is 51.6 Å². The number of nitrogens with zero attached hydrogens (tertiary/aromatic N) is 2. The summed E-state index contributed by atoms with van der Waals surface area (Å²) >= 11 is 0. The zero-order valence-electron chi connectivity index (χ0n) is 14.1. The largest absolute Gasteiger partial charge is 0.307 e. The second-order valence-electron chi connectivity index (χ2n) is 7.19. The van der Waals surface area contributed by atoms with Crippen LogP contribution in [0.2, 0.25) is 0 Å². The summed E-state index contributed by atoms with van der Waals surface area (Å²) in [6, 6.07) is 5.46. The van der Waals surface area contributed by atoms with Crippen molar-refractivity contribution in [1.29, 1.82) is 0 Å². The molecule has 2 aromatic heterocycles. The van der Waals surface area contributed by atoms with Gasteiger partial charge in [0.15, 0.2) is 0 Å². The van der Waals surface area contributed by atoms with Crippen LogP contribution in [0.25, 0.3) is 11.4 Å². The van der Waals surface area contributed by atoms with E-state index in [9.17, 15) is 4.79 Å². The van der Waals surface area contributed by atoms with Crippen LogP contribution >= 0.6 is 0 Å². The summed E-state index contributed by atoms with van der Waals surface area (Å²) in [5.74, 6) is 2.93. The van der Waals surface area contributed by atoms with Crippen molar-refractivity contribution in [3.63, 3.8) is 0 Å². The van der Waals surface area contributed by atoms with E-state index in [1.807, 2.05) is 12.1 Å². The molecule has 1 fully saturated rings. The van der Waals surface area contributed by atoms with Crippen LogP contribution in [0.4, 0.5) is 0 Å². The van der Waals surface area contributed by atoms with Crippen LogP contribution in [0.15, 0.2) is 35.4 Å². The van der Waals surface area contributed by atoms with E-state index in [0.29, 0.717) is 29.5 Å². The summed E-state index contributed by atoms with van der Waals surface area (Å²) in [4.78, 5) is 23.9. The summed E-state index contributed by atoms with van der Waals surface area (Å²) in [5, 5.41) is 0. The monoisotopic (exact) mass is 311 g/mol. The van der Waals surface area contributed by atoms with Crippen molar-refractivity contribution in [3.05, 3.63) is 46.6 Å². The molecule has 0 aliphatic heterocycles. The molecule has 4 heteroatoms. The SMILES string of the molecule is CC(C)[C@H]1CC[C@@H](C)C[C@H]1c1cc(=O)[nH]c(-c2ccncc2)n1. The van der Waals surface area contributed by atoms with Gasteiger partial charge in [0.1, 0.15) is 5.82 Å². The Balaban J connectivity index is 2.01. The number of rotatable bonds is 3. The van der Waals surface area contributed by atoms with E-state index >= 15 is 0 Å². The van der Waals surface area contributed by atoms with Crippen LogP contribution in [-0.4, -0.2) is 15.0 Å². The summed E-state index contributed by atoms with van der Waals surface area (Å²) < 4.78 is 0. The normalized spacial score (nSPS) is 24.8. The number of nitrogens with one attached hydrogen (secondary N) is 1. The maximum Gasteiger partial charge on any atom is 0.251 e. The highest BCUT2D eigenvalue weighted by Gasteiger charge is 2.33. The Labute approximate surface area is 137 Å². The van der Waals surface area contributed by atoms with Gasteiger partial charge in [-0.2, -0.15) is 0 Å². The van der Waals surface area contributed by atoms with E-state index in [2.05, 4.69) is 30.7 Å². The third-order valence-corrected chi connectivity index (χ3v) is 5.12. The summed E-state index contributed by atoms with van der Waals surface area (Å²) in [7, 11) is 0. The average molecular weight is 311 g/mol. The molecule has 1 aliphatic rings. The topological polar surface area (TPSA) is 58.6 Å². The van der Waals surface area contributed by atoms with Crippen LogP contribution in [0.5, 0.6) is 0 Å². The molecule has 0 spiro atoms. The van der Waals surface area contributed by atoms with Gasteiger partial charge < -0.3 is 4.98 Å². The quantitative estimate of drug-likeness (QED) is 0.931. The number of aromatic amines is 1. The Morgan fingerprint density at radius 2 is 1.96 bits per heavy atom. The number of hydrogen-bond acceptors (Lipinski definition) is 3. The minimum atomic E-state index is -0.0671. The molecule has 4 nitrogen and oxygen atoms in total. The molecule has 0 aromatic carbocycles. The van der Waals surface area contributed by atoms with Gasteiger partial charge >= 0.3 is 0 Å². The highest BCUT2D eigenvalue weighted by Crippen LogP contribution is 2.43. The molecular formula is C19H25N3O. The molecule has 1 aliphatic carbocycles. The molecule has 3 rings (SSSR count). The van der Waals surface area contributed by atoms with Crippen LogP contribution in [0, 0.1) is 17.8 Å². The van der Waals surface area contributed by atoms with Gasteiger partial charge in [0.05, 0.1) is 5.69 Å². The second kappa shape index (κ2) is 6.65. The fourth-order valence-corrected chi connectivity index (χ4v) is 3.86. The smallest absolute Gasteiger partial charge is 0.251 e. The molecule has 23 heavy (non-hydrogen) atoms. The number of pyridine rings is 1. The summed E-state index contributed by atoms with van der Waals surface area (Å²) in [6.07, 6.45) is 7.07. The first-order chi connectivity index (χ1) is 11.0. The number of hydrogen-bond donors (Lipinski definition) is 1. The van der Waals surface area contributed by atoms with Crippen molar-refractivity contribution in [1.82, 2.24) is 15.0 Å². The summed E-state index contributed by atoms with van der Waals surface area (Å²) in [5.41, 5.74) is 1.79. The molecule has 1 saturated carbocycles. The predicted octanol–water partition coefficient (Wildman–Crippen LogP) is 4.01. The first-order valence-corrected chi connectivity index (χ1v) is 8.56. The average Bonchev–Trinajstić information content (AvgIpc) is 2.54. The summed E-state index contributed by atoms with van der Waals surface area (Å²) in [6.45, 7) is 6.87. The molecule has 0 radical (unpaired) electrons. The van der Waals surface area contributed by atoms with E-state index in [4.69, 9.17) is 4.98 Å². The molecule has 122 valence electrons. The standard InChI is InChI=1S/C19H25N3O/c1-12(2)15-5-4-13(3)10-16(15)17-11-18(23)22-19(21-17)14-6-8-20-9-7-14/h6-9,11-13,15-16H,4-5,10H2,1-3H3,(H,21,22,23)/t13-,15-,16-/m1/s1. The Hall–Kier alpha value is -1.97. The highest BCUT2D eigenvalue weighted by atomic mass is 16.1. The first-order valence-electron chi connectivity index (χ1n) is 8.56. The molecule has 1 N–H and O–H groups in total. The first kappa shape index (κ1) is 15.9. The van der Waals surface area contributed by atoms with Crippen molar-refractivity contribution in [2.24, 2.45) is 17.8 Å². The van der Waals surface area contributed by atoms with Gasteiger partial charge in [-0.15, -0.1) is 0 Å². The number of aromatic nitrogens is 3. The Morgan fingerprint density at radius 3 is 2.65 bits per heavy atom. The fraction of sp³-hybridized carbons (Fsp3) is 0.526. The minimum Gasteiger partial charge on any atom is -0.307 e. The van der Waals surface area contributed by atoms with Crippen LogP contribution < -0.4 is 5.56 Å². The minimum absolute atomic E-state index is 0.0671. The van der Waals surface area contributed by atoms with E-state index in [0.717, 1.165) is 17.7 Å². The molecule has 0 saturated heterocycles.